The average Bonchev–Trinajstić information content (AvgIpc) is 3.00. The SMILES string of the molecule is CCCOc1ccc(C2=C(Nc3cccc(C)c3C)C(=O)N(CCOC(C)C)C2=O)cc1. The van der Waals surface area contributed by atoms with Gasteiger partial charge in [0, 0.05) is 5.69 Å². The van der Waals surface area contributed by atoms with Crippen molar-refractivity contribution >= 4 is 23.1 Å². The molecule has 32 heavy (non-hydrogen) atoms. The standard InChI is InChI=1S/C26H32N2O4/c1-6-15-32-21-12-10-20(11-13-21)23-24(27-22-9-7-8-18(4)19(22)5)26(30)28(25(23)29)14-16-31-17(2)3/h7-13,17,27H,6,14-16H2,1-5H3. The van der Waals surface area contributed by atoms with Gasteiger partial charge in [-0.3, -0.25) is 14.5 Å². The summed E-state index contributed by atoms with van der Waals surface area (Å²) in [4.78, 5) is 27.9. The predicted octanol–water partition coefficient (Wildman–Crippen LogP) is 4.71. The lowest BCUT2D eigenvalue weighted by Gasteiger charge is -2.17. The molecule has 6 nitrogen and oxygen atoms in total. The maximum Gasteiger partial charge on any atom is 0.278 e. The summed E-state index contributed by atoms with van der Waals surface area (Å²) in [6.45, 7) is 11.0. The smallest absolute Gasteiger partial charge is 0.278 e. The van der Waals surface area contributed by atoms with E-state index in [0.717, 1.165) is 29.0 Å². The van der Waals surface area contributed by atoms with Crippen LogP contribution in [0.3, 0.4) is 0 Å². The number of carbonyl (C=O) groups is 2. The Balaban J connectivity index is 1.96. The third kappa shape index (κ3) is 5.19. The second-order valence-electron chi connectivity index (χ2n) is 8.18. The summed E-state index contributed by atoms with van der Waals surface area (Å²) in [6.07, 6.45) is 0.940. The van der Waals surface area contributed by atoms with Crippen molar-refractivity contribution in [3.8, 4) is 5.75 Å². The van der Waals surface area contributed by atoms with Crippen LogP contribution in [0.1, 0.15) is 43.9 Å². The summed E-state index contributed by atoms with van der Waals surface area (Å²) in [6, 6.07) is 13.2. The van der Waals surface area contributed by atoms with E-state index in [0.29, 0.717) is 24.4 Å². The zero-order valence-corrected chi connectivity index (χ0v) is 19.5. The lowest BCUT2D eigenvalue weighted by Crippen LogP contribution is -2.35. The van der Waals surface area contributed by atoms with Gasteiger partial charge < -0.3 is 14.8 Å². The van der Waals surface area contributed by atoms with Crippen molar-refractivity contribution in [1.29, 1.82) is 0 Å². The summed E-state index contributed by atoms with van der Waals surface area (Å²) in [5.74, 6) is 0.0705. The first-order chi connectivity index (χ1) is 15.3. The van der Waals surface area contributed by atoms with Crippen molar-refractivity contribution in [3.05, 3.63) is 64.9 Å². The van der Waals surface area contributed by atoms with Crippen LogP contribution in [0.15, 0.2) is 48.2 Å². The van der Waals surface area contributed by atoms with Crippen molar-refractivity contribution in [1.82, 2.24) is 4.90 Å². The number of benzene rings is 2. The van der Waals surface area contributed by atoms with E-state index in [1.165, 1.54) is 4.90 Å². The Morgan fingerprint density at radius 1 is 0.969 bits per heavy atom. The van der Waals surface area contributed by atoms with Gasteiger partial charge in [-0.2, -0.15) is 0 Å². The summed E-state index contributed by atoms with van der Waals surface area (Å²) < 4.78 is 11.2. The number of carbonyl (C=O) groups excluding carboxylic acids is 2. The predicted molar refractivity (Wildman–Crippen MR) is 126 cm³/mol. The topological polar surface area (TPSA) is 67.9 Å². The molecule has 6 heteroatoms. The molecule has 1 N–H and O–H groups in total. The number of amides is 2. The van der Waals surface area contributed by atoms with Gasteiger partial charge in [0.05, 0.1) is 31.4 Å². The molecule has 3 rings (SSSR count). The highest BCUT2D eigenvalue weighted by Crippen LogP contribution is 2.32. The lowest BCUT2D eigenvalue weighted by atomic mass is 10.0. The Morgan fingerprint density at radius 3 is 2.34 bits per heavy atom. The molecule has 0 aliphatic carbocycles. The molecule has 0 bridgehead atoms. The molecule has 1 aliphatic heterocycles. The minimum atomic E-state index is -0.343. The molecule has 0 unspecified atom stereocenters. The van der Waals surface area contributed by atoms with Crippen molar-refractivity contribution in [3.63, 3.8) is 0 Å². The second kappa shape index (κ2) is 10.5. The average molecular weight is 437 g/mol. The van der Waals surface area contributed by atoms with Crippen LogP contribution in [0, 0.1) is 13.8 Å². The van der Waals surface area contributed by atoms with E-state index in [-0.39, 0.29) is 30.2 Å². The first-order valence-corrected chi connectivity index (χ1v) is 11.1. The summed E-state index contributed by atoms with van der Waals surface area (Å²) >= 11 is 0. The van der Waals surface area contributed by atoms with Gasteiger partial charge in [-0.15, -0.1) is 0 Å². The zero-order valence-electron chi connectivity index (χ0n) is 19.5. The van der Waals surface area contributed by atoms with Gasteiger partial charge in [0.2, 0.25) is 0 Å². The van der Waals surface area contributed by atoms with Gasteiger partial charge in [-0.25, -0.2) is 0 Å². The summed E-state index contributed by atoms with van der Waals surface area (Å²) in [5.41, 5.74) is 4.27. The first kappa shape index (κ1) is 23.5. The Labute approximate surface area is 190 Å². The first-order valence-electron chi connectivity index (χ1n) is 11.1. The van der Waals surface area contributed by atoms with E-state index in [4.69, 9.17) is 9.47 Å². The van der Waals surface area contributed by atoms with E-state index in [1.807, 2.05) is 77.1 Å². The van der Waals surface area contributed by atoms with Crippen LogP contribution in [-0.4, -0.2) is 42.6 Å². The van der Waals surface area contributed by atoms with E-state index in [1.54, 1.807) is 0 Å². The van der Waals surface area contributed by atoms with Gasteiger partial charge in [0.15, 0.2) is 0 Å². The molecular weight excluding hydrogens is 404 g/mol. The highest BCUT2D eigenvalue weighted by Gasteiger charge is 2.39. The van der Waals surface area contributed by atoms with E-state index in [2.05, 4.69) is 5.32 Å². The maximum atomic E-state index is 13.3. The molecule has 1 heterocycles. The van der Waals surface area contributed by atoms with Crippen LogP contribution in [0.4, 0.5) is 5.69 Å². The molecule has 1 aliphatic rings. The molecule has 0 fully saturated rings. The molecule has 0 aromatic heterocycles. The quantitative estimate of drug-likeness (QED) is 0.547. The minimum Gasteiger partial charge on any atom is -0.494 e. The molecule has 0 radical (unpaired) electrons. The fraction of sp³-hybridized carbons (Fsp3) is 0.385. The molecule has 0 spiro atoms. The number of rotatable bonds is 10. The van der Waals surface area contributed by atoms with Gasteiger partial charge in [0.25, 0.3) is 11.8 Å². The van der Waals surface area contributed by atoms with Gasteiger partial charge in [0.1, 0.15) is 11.4 Å². The molecule has 2 aromatic carbocycles. The molecular formula is C26H32N2O4. The number of nitrogens with zero attached hydrogens (tertiary/aromatic N) is 1. The van der Waals surface area contributed by atoms with E-state index in [9.17, 15) is 9.59 Å². The second-order valence-corrected chi connectivity index (χ2v) is 8.18. The van der Waals surface area contributed by atoms with Crippen molar-refractivity contribution in [2.24, 2.45) is 0 Å². The zero-order chi connectivity index (χ0) is 23.3. The largest absolute Gasteiger partial charge is 0.494 e. The third-order valence-corrected chi connectivity index (χ3v) is 5.41. The monoisotopic (exact) mass is 436 g/mol. The number of anilines is 1. The van der Waals surface area contributed by atoms with Gasteiger partial charge in [-0.1, -0.05) is 31.2 Å². The third-order valence-electron chi connectivity index (χ3n) is 5.41. The van der Waals surface area contributed by atoms with Crippen LogP contribution in [0.5, 0.6) is 5.75 Å². The molecule has 0 atom stereocenters. The number of nitrogens with one attached hydrogen (secondary N) is 1. The van der Waals surface area contributed by atoms with Gasteiger partial charge in [-0.05, 0) is 69.0 Å². The lowest BCUT2D eigenvalue weighted by molar-refractivity contribution is -0.137. The maximum absolute atomic E-state index is 13.3. The van der Waals surface area contributed by atoms with E-state index >= 15 is 0 Å². The Morgan fingerprint density at radius 2 is 1.69 bits per heavy atom. The Hall–Kier alpha value is -3.12. The summed E-state index contributed by atoms with van der Waals surface area (Å²) in [5, 5.41) is 3.25. The number of hydrogen-bond acceptors (Lipinski definition) is 5. The van der Waals surface area contributed by atoms with Crippen LogP contribution in [0.25, 0.3) is 5.57 Å². The normalized spacial score (nSPS) is 14.0. The minimum absolute atomic E-state index is 0.0263. The molecule has 0 saturated heterocycles. The fourth-order valence-electron chi connectivity index (χ4n) is 3.50. The number of hydrogen-bond donors (Lipinski definition) is 1. The highest BCUT2D eigenvalue weighted by molar-refractivity contribution is 6.36. The summed E-state index contributed by atoms with van der Waals surface area (Å²) in [7, 11) is 0. The number of ether oxygens (including phenoxy) is 2. The fourth-order valence-corrected chi connectivity index (χ4v) is 3.50. The van der Waals surface area contributed by atoms with Crippen LogP contribution >= 0.6 is 0 Å². The van der Waals surface area contributed by atoms with Crippen LogP contribution in [0.2, 0.25) is 0 Å². The van der Waals surface area contributed by atoms with E-state index < -0.39 is 0 Å². The van der Waals surface area contributed by atoms with Gasteiger partial charge >= 0.3 is 0 Å². The van der Waals surface area contributed by atoms with Crippen molar-refractivity contribution < 1.29 is 19.1 Å². The molecule has 0 saturated carbocycles. The Bertz CT molecular complexity index is 1010. The number of imide groups is 1. The number of aryl methyl sites for hydroxylation is 1. The molecule has 2 amide bonds. The van der Waals surface area contributed by atoms with Crippen molar-refractivity contribution in [2.75, 3.05) is 25.1 Å². The highest BCUT2D eigenvalue weighted by atomic mass is 16.5. The molecule has 2 aromatic rings. The van der Waals surface area contributed by atoms with Crippen molar-refractivity contribution in [2.45, 2.75) is 47.1 Å². The van der Waals surface area contributed by atoms with Crippen LogP contribution < -0.4 is 10.1 Å². The van der Waals surface area contributed by atoms with Crippen LogP contribution in [-0.2, 0) is 14.3 Å². The molecule has 170 valence electrons. The Kier molecular flexibility index (Phi) is 7.70.